The molecule has 1 heterocycles. The lowest BCUT2D eigenvalue weighted by atomic mass is 9.81. The van der Waals surface area contributed by atoms with Gasteiger partial charge in [-0.3, -0.25) is 0 Å². The van der Waals surface area contributed by atoms with Crippen molar-refractivity contribution in [2.24, 2.45) is 0 Å². The van der Waals surface area contributed by atoms with Crippen molar-refractivity contribution in [3.8, 4) is 78.4 Å². The number of nitrogens with zero attached hydrogens (tertiary/aromatic N) is 2. The minimum Gasteiger partial charge on any atom is -0.228 e. The molecule has 0 atom stereocenters. The lowest BCUT2D eigenvalue weighted by Gasteiger charge is -2.21. The molecule has 0 radical (unpaired) electrons. The van der Waals surface area contributed by atoms with Gasteiger partial charge in [0, 0.05) is 22.1 Å². The van der Waals surface area contributed by atoms with Crippen LogP contribution in [0.2, 0.25) is 0 Å². The first-order valence-electron chi connectivity index (χ1n) is 20.4. The van der Waals surface area contributed by atoms with Crippen LogP contribution in [-0.2, 0) is 5.41 Å². The van der Waals surface area contributed by atoms with Crippen LogP contribution in [0.1, 0.15) is 25.0 Å². The van der Waals surface area contributed by atoms with Crippen molar-refractivity contribution in [2.75, 3.05) is 0 Å². The van der Waals surface area contributed by atoms with Crippen molar-refractivity contribution in [1.82, 2.24) is 9.97 Å². The first-order chi connectivity index (χ1) is 29.0. The molecular formula is C57H40N2. The summed E-state index contributed by atoms with van der Waals surface area (Å²) >= 11 is 0. The summed E-state index contributed by atoms with van der Waals surface area (Å²) in [7, 11) is 0. The van der Waals surface area contributed by atoms with Crippen LogP contribution in [0.5, 0.6) is 0 Å². The summed E-state index contributed by atoms with van der Waals surface area (Å²) in [5.74, 6) is 0.709. The number of aromatic nitrogens is 2. The third kappa shape index (κ3) is 5.96. The second kappa shape index (κ2) is 13.9. The van der Waals surface area contributed by atoms with Gasteiger partial charge in [-0.25, -0.2) is 9.97 Å². The molecule has 1 aliphatic rings. The van der Waals surface area contributed by atoms with Crippen molar-refractivity contribution < 1.29 is 0 Å². The molecule has 0 saturated carbocycles. The highest BCUT2D eigenvalue weighted by atomic mass is 14.9. The molecular weight excluding hydrogens is 713 g/mol. The molecule has 278 valence electrons. The molecule has 0 fully saturated rings. The van der Waals surface area contributed by atoms with E-state index >= 15 is 0 Å². The molecule has 0 aliphatic heterocycles. The molecule has 2 nitrogen and oxygen atoms in total. The first kappa shape index (κ1) is 34.8. The SMILES string of the molecule is CC1(C)c2ccc(-c3ccc(-c4nc(-c5ccccc5)cc(-c5ccc(-c6ccc(-c7ccccc7)cc6)cc5)n4)c4ccccc34)cc2-c2c1ccc1ccccc21. The summed E-state index contributed by atoms with van der Waals surface area (Å²) in [6.45, 7) is 4.71. The Morgan fingerprint density at radius 2 is 0.780 bits per heavy atom. The second-order valence-electron chi connectivity index (χ2n) is 16.1. The number of benzene rings is 9. The van der Waals surface area contributed by atoms with Crippen LogP contribution in [0.4, 0.5) is 0 Å². The van der Waals surface area contributed by atoms with E-state index in [9.17, 15) is 0 Å². The summed E-state index contributed by atoms with van der Waals surface area (Å²) < 4.78 is 0. The van der Waals surface area contributed by atoms with Crippen LogP contribution in [0.25, 0.3) is 100.0 Å². The Morgan fingerprint density at radius 3 is 1.42 bits per heavy atom. The zero-order chi connectivity index (χ0) is 39.5. The van der Waals surface area contributed by atoms with Crippen molar-refractivity contribution >= 4 is 21.5 Å². The average molecular weight is 753 g/mol. The third-order valence-corrected chi connectivity index (χ3v) is 12.3. The van der Waals surface area contributed by atoms with Gasteiger partial charge < -0.3 is 0 Å². The highest BCUT2D eigenvalue weighted by Gasteiger charge is 2.36. The van der Waals surface area contributed by atoms with Crippen LogP contribution in [0.3, 0.4) is 0 Å². The molecule has 0 unspecified atom stereocenters. The van der Waals surface area contributed by atoms with Crippen LogP contribution in [0.15, 0.2) is 206 Å². The third-order valence-electron chi connectivity index (χ3n) is 12.3. The van der Waals surface area contributed by atoms with E-state index in [0.29, 0.717) is 5.82 Å². The summed E-state index contributed by atoms with van der Waals surface area (Å²) in [6.07, 6.45) is 0. The fraction of sp³-hybridized carbons (Fsp3) is 0.0526. The van der Waals surface area contributed by atoms with Gasteiger partial charge in [-0.1, -0.05) is 202 Å². The maximum Gasteiger partial charge on any atom is 0.161 e. The average Bonchev–Trinajstić information content (AvgIpc) is 3.54. The fourth-order valence-corrected chi connectivity index (χ4v) is 9.23. The van der Waals surface area contributed by atoms with Gasteiger partial charge in [0.15, 0.2) is 5.82 Å². The number of hydrogen-bond donors (Lipinski definition) is 0. The Morgan fingerprint density at radius 1 is 0.322 bits per heavy atom. The van der Waals surface area contributed by atoms with E-state index in [0.717, 1.165) is 33.5 Å². The highest BCUT2D eigenvalue weighted by Crippen LogP contribution is 2.52. The largest absolute Gasteiger partial charge is 0.228 e. The van der Waals surface area contributed by atoms with Gasteiger partial charge in [0.05, 0.1) is 11.4 Å². The molecule has 0 spiro atoms. The Labute approximate surface area is 345 Å². The topological polar surface area (TPSA) is 25.8 Å². The van der Waals surface area contributed by atoms with E-state index < -0.39 is 0 Å². The molecule has 9 aromatic carbocycles. The van der Waals surface area contributed by atoms with Gasteiger partial charge in [0.2, 0.25) is 0 Å². The van der Waals surface area contributed by atoms with E-state index in [4.69, 9.17) is 9.97 Å². The van der Waals surface area contributed by atoms with Crippen molar-refractivity contribution in [3.63, 3.8) is 0 Å². The summed E-state index contributed by atoms with van der Waals surface area (Å²) in [6, 6.07) is 74.3. The zero-order valence-corrected chi connectivity index (χ0v) is 33.0. The van der Waals surface area contributed by atoms with E-state index in [1.165, 1.54) is 71.8 Å². The van der Waals surface area contributed by atoms with Gasteiger partial charge >= 0.3 is 0 Å². The second-order valence-corrected chi connectivity index (χ2v) is 16.1. The normalized spacial score (nSPS) is 12.7. The fourth-order valence-electron chi connectivity index (χ4n) is 9.23. The summed E-state index contributed by atoms with van der Waals surface area (Å²) in [5.41, 5.74) is 17.5. The molecule has 10 aromatic rings. The molecule has 0 N–H and O–H groups in total. The molecule has 0 bridgehead atoms. The molecule has 1 aliphatic carbocycles. The minimum absolute atomic E-state index is 0.0770. The van der Waals surface area contributed by atoms with Crippen LogP contribution in [0, 0.1) is 0 Å². The Bertz CT molecular complexity index is 3200. The number of fused-ring (bicyclic) bond motifs is 6. The molecule has 2 heteroatoms. The minimum atomic E-state index is -0.0770. The van der Waals surface area contributed by atoms with E-state index in [2.05, 4.69) is 214 Å². The Kier molecular flexibility index (Phi) is 8.20. The van der Waals surface area contributed by atoms with Crippen LogP contribution in [-0.4, -0.2) is 9.97 Å². The Balaban J connectivity index is 1.00. The molecule has 59 heavy (non-hydrogen) atoms. The van der Waals surface area contributed by atoms with Crippen LogP contribution >= 0.6 is 0 Å². The van der Waals surface area contributed by atoms with Crippen molar-refractivity contribution in [3.05, 3.63) is 217 Å². The standard InChI is InChI=1S/C57H40N2/c1-57(2)51-33-30-44(35-50(51)55-46-18-10-9-15-41(46)29-34-52(55)57)45-31-32-49(48-20-12-11-19-47(45)48)56-58-53(42-16-7-4-8-17-42)36-54(59-56)43-27-25-40(26-28-43)39-23-21-38(22-24-39)37-13-5-3-6-14-37/h3-36H,1-2H3. The van der Waals surface area contributed by atoms with Crippen molar-refractivity contribution in [2.45, 2.75) is 19.3 Å². The number of hydrogen-bond acceptors (Lipinski definition) is 2. The van der Waals surface area contributed by atoms with E-state index in [-0.39, 0.29) is 5.41 Å². The molecule has 0 amide bonds. The molecule has 1 aromatic heterocycles. The predicted molar refractivity (Wildman–Crippen MR) is 247 cm³/mol. The maximum atomic E-state index is 5.31. The summed E-state index contributed by atoms with van der Waals surface area (Å²) in [5, 5.41) is 4.89. The molecule has 0 saturated heterocycles. The zero-order valence-electron chi connectivity index (χ0n) is 33.0. The Hall–Kier alpha value is -7.42. The van der Waals surface area contributed by atoms with Crippen molar-refractivity contribution in [1.29, 1.82) is 0 Å². The smallest absolute Gasteiger partial charge is 0.161 e. The molecule has 11 rings (SSSR count). The quantitative estimate of drug-likeness (QED) is 0.169. The van der Waals surface area contributed by atoms with E-state index in [1.54, 1.807) is 0 Å². The monoisotopic (exact) mass is 752 g/mol. The number of rotatable bonds is 6. The van der Waals surface area contributed by atoms with Gasteiger partial charge in [0.25, 0.3) is 0 Å². The first-order valence-corrected chi connectivity index (χ1v) is 20.4. The van der Waals surface area contributed by atoms with E-state index in [1.807, 2.05) is 6.07 Å². The van der Waals surface area contributed by atoms with Gasteiger partial charge in [0.1, 0.15) is 0 Å². The van der Waals surface area contributed by atoms with Crippen LogP contribution < -0.4 is 0 Å². The highest BCUT2D eigenvalue weighted by molar-refractivity contribution is 6.07. The van der Waals surface area contributed by atoms with Gasteiger partial charge in [-0.05, 0) is 95.4 Å². The lowest BCUT2D eigenvalue weighted by molar-refractivity contribution is 0.661. The van der Waals surface area contributed by atoms with Gasteiger partial charge in [-0.15, -0.1) is 0 Å². The van der Waals surface area contributed by atoms with Gasteiger partial charge in [-0.2, -0.15) is 0 Å². The summed E-state index contributed by atoms with van der Waals surface area (Å²) in [4.78, 5) is 10.6. The lowest BCUT2D eigenvalue weighted by Crippen LogP contribution is -2.14. The maximum absolute atomic E-state index is 5.31. The predicted octanol–water partition coefficient (Wildman–Crippen LogP) is 15.1.